The molecule has 1 saturated carbocycles. The van der Waals surface area contributed by atoms with Gasteiger partial charge in [0.15, 0.2) is 0 Å². The molecule has 1 aromatic rings. The molecule has 7 nitrogen and oxygen atoms in total. The molecule has 2 bridgehead atoms. The summed E-state index contributed by atoms with van der Waals surface area (Å²) in [6.45, 7) is 3.03. The van der Waals surface area contributed by atoms with Crippen LogP contribution < -0.4 is 9.64 Å². The highest BCUT2D eigenvalue weighted by Crippen LogP contribution is 2.49. The zero-order valence-electron chi connectivity index (χ0n) is 17.9. The second kappa shape index (κ2) is 8.02. The number of piperazine rings is 1. The smallest absolute Gasteiger partial charge is 0.233 e. The molecule has 3 fully saturated rings. The van der Waals surface area contributed by atoms with Crippen LogP contribution in [0.1, 0.15) is 19.3 Å². The quantitative estimate of drug-likeness (QED) is 0.535. The predicted molar refractivity (Wildman–Crippen MR) is 115 cm³/mol. The molecule has 5 aliphatic rings. The number of carbonyl (C=O) groups is 3. The summed E-state index contributed by atoms with van der Waals surface area (Å²) < 4.78 is 5.21. The van der Waals surface area contributed by atoms with Crippen molar-refractivity contribution in [1.29, 1.82) is 0 Å². The van der Waals surface area contributed by atoms with Crippen LogP contribution in [-0.4, -0.2) is 67.4 Å². The summed E-state index contributed by atoms with van der Waals surface area (Å²) >= 11 is 0. The first-order valence-corrected chi connectivity index (χ1v) is 11.3. The average molecular weight is 424 g/mol. The molecule has 0 radical (unpaired) electrons. The van der Waals surface area contributed by atoms with E-state index in [1.54, 1.807) is 7.11 Å². The topological polar surface area (TPSA) is 70.2 Å². The summed E-state index contributed by atoms with van der Waals surface area (Å²) in [6, 6.07) is 7.94. The third kappa shape index (κ3) is 3.50. The fraction of sp³-hybridized carbons (Fsp3) is 0.542. The number of anilines is 1. The minimum atomic E-state index is -0.195. The monoisotopic (exact) mass is 423 g/mol. The molecule has 2 saturated heterocycles. The summed E-state index contributed by atoms with van der Waals surface area (Å²) in [7, 11) is 1.65. The zero-order chi connectivity index (χ0) is 21.5. The molecule has 164 valence electrons. The van der Waals surface area contributed by atoms with E-state index in [0.717, 1.165) is 37.4 Å². The molecule has 3 amide bonds. The number of fused-ring (bicyclic) bond motifs is 1. The van der Waals surface area contributed by atoms with E-state index in [4.69, 9.17) is 4.74 Å². The third-order valence-electron chi connectivity index (χ3n) is 7.47. The van der Waals surface area contributed by atoms with Gasteiger partial charge < -0.3 is 14.5 Å². The van der Waals surface area contributed by atoms with Gasteiger partial charge in [0.1, 0.15) is 5.75 Å². The van der Waals surface area contributed by atoms with E-state index in [0.29, 0.717) is 13.1 Å². The largest absolute Gasteiger partial charge is 0.497 e. The van der Waals surface area contributed by atoms with E-state index in [1.165, 1.54) is 4.90 Å². The van der Waals surface area contributed by atoms with Gasteiger partial charge in [-0.1, -0.05) is 12.2 Å². The molecule has 0 aromatic heterocycles. The third-order valence-corrected chi connectivity index (χ3v) is 7.47. The predicted octanol–water partition coefficient (Wildman–Crippen LogP) is 1.93. The number of nitrogens with zero attached hydrogens (tertiary/aromatic N) is 3. The van der Waals surface area contributed by atoms with Crippen LogP contribution in [0.4, 0.5) is 5.69 Å². The summed E-state index contributed by atoms with van der Waals surface area (Å²) in [5, 5.41) is 0. The Morgan fingerprint density at radius 2 is 1.52 bits per heavy atom. The minimum Gasteiger partial charge on any atom is -0.497 e. The van der Waals surface area contributed by atoms with Crippen LogP contribution in [0, 0.1) is 23.7 Å². The Kier molecular flexibility index (Phi) is 5.20. The van der Waals surface area contributed by atoms with E-state index in [9.17, 15) is 14.4 Å². The molecule has 6 rings (SSSR count). The molecule has 7 heteroatoms. The fourth-order valence-corrected chi connectivity index (χ4v) is 5.73. The van der Waals surface area contributed by atoms with Gasteiger partial charge in [0, 0.05) is 44.8 Å². The van der Waals surface area contributed by atoms with Gasteiger partial charge in [-0.05, 0) is 48.9 Å². The van der Waals surface area contributed by atoms with Crippen LogP contribution in [0.2, 0.25) is 0 Å². The highest BCUT2D eigenvalue weighted by molar-refractivity contribution is 6.06. The second-order valence-corrected chi connectivity index (χ2v) is 8.99. The van der Waals surface area contributed by atoms with Crippen LogP contribution in [0.15, 0.2) is 36.4 Å². The maximum atomic E-state index is 12.9. The van der Waals surface area contributed by atoms with Crippen molar-refractivity contribution in [3.05, 3.63) is 36.4 Å². The number of imide groups is 1. The van der Waals surface area contributed by atoms with Gasteiger partial charge in [0.2, 0.25) is 17.7 Å². The van der Waals surface area contributed by atoms with Gasteiger partial charge in [0.25, 0.3) is 0 Å². The molecule has 3 aliphatic carbocycles. The van der Waals surface area contributed by atoms with E-state index in [2.05, 4.69) is 17.1 Å². The number of likely N-dealkylation sites (tertiary alicyclic amines) is 1. The number of hydrogen-bond donors (Lipinski definition) is 0. The first kappa shape index (κ1) is 20.1. The van der Waals surface area contributed by atoms with E-state index in [1.807, 2.05) is 29.2 Å². The fourth-order valence-electron chi connectivity index (χ4n) is 5.73. The van der Waals surface area contributed by atoms with Crippen molar-refractivity contribution in [2.45, 2.75) is 19.3 Å². The first-order valence-electron chi connectivity index (χ1n) is 11.3. The lowest BCUT2D eigenvalue weighted by atomic mass is 9.63. The molecule has 2 heterocycles. The molecule has 0 spiro atoms. The Morgan fingerprint density at radius 3 is 2.03 bits per heavy atom. The van der Waals surface area contributed by atoms with E-state index < -0.39 is 0 Å². The highest BCUT2D eigenvalue weighted by atomic mass is 16.5. The van der Waals surface area contributed by atoms with Crippen molar-refractivity contribution in [2.24, 2.45) is 23.7 Å². The summed E-state index contributed by atoms with van der Waals surface area (Å²) in [4.78, 5) is 44.1. The van der Waals surface area contributed by atoms with Crippen LogP contribution in [0.25, 0.3) is 0 Å². The number of amides is 3. The minimum absolute atomic E-state index is 0.0194. The summed E-state index contributed by atoms with van der Waals surface area (Å²) in [5.74, 6) is 0.714. The Bertz CT molecular complexity index is 872. The average Bonchev–Trinajstić information content (AvgIpc) is 3.10. The number of hydrogen-bond acceptors (Lipinski definition) is 5. The molecule has 1 aromatic carbocycles. The number of rotatable bonds is 5. The van der Waals surface area contributed by atoms with Crippen molar-refractivity contribution >= 4 is 23.4 Å². The van der Waals surface area contributed by atoms with Crippen LogP contribution in [0.3, 0.4) is 0 Å². The first-order chi connectivity index (χ1) is 15.1. The van der Waals surface area contributed by atoms with Crippen molar-refractivity contribution in [2.75, 3.05) is 44.7 Å². The highest BCUT2D eigenvalue weighted by Gasteiger charge is 2.56. The van der Waals surface area contributed by atoms with Gasteiger partial charge in [-0.25, -0.2) is 0 Å². The number of allylic oxidation sites excluding steroid dienone is 2. The molecule has 4 atom stereocenters. The molecular formula is C24H29N3O4. The lowest BCUT2D eigenvalue weighted by Crippen LogP contribution is -2.49. The van der Waals surface area contributed by atoms with Crippen LogP contribution in [0.5, 0.6) is 5.75 Å². The maximum Gasteiger partial charge on any atom is 0.233 e. The Morgan fingerprint density at radius 1 is 0.935 bits per heavy atom. The second-order valence-electron chi connectivity index (χ2n) is 8.99. The van der Waals surface area contributed by atoms with Crippen molar-refractivity contribution in [1.82, 2.24) is 9.80 Å². The van der Waals surface area contributed by atoms with Gasteiger partial charge in [-0.3, -0.25) is 19.3 Å². The van der Waals surface area contributed by atoms with E-state index >= 15 is 0 Å². The Hall–Kier alpha value is -2.83. The SMILES string of the molecule is COc1ccc(N2CCN(C(=O)CCN3C(=O)[C@H]4[C@H](C3=O)[C@H]3C=C[C@H]4CC3)CC2)cc1. The number of carbonyl (C=O) groups excluding carboxylic acids is 3. The molecule has 31 heavy (non-hydrogen) atoms. The van der Waals surface area contributed by atoms with Gasteiger partial charge in [-0.2, -0.15) is 0 Å². The van der Waals surface area contributed by atoms with Crippen LogP contribution in [-0.2, 0) is 14.4 Å². The number of ether oxygens (including phenoxy) is 1. The maximum absolute atomic E-state index is 12.9. The summed E-state index contributed by atoms with van der Waals surface area (Å²) in [5.41, 5.74) is 1.12. The molecule has 0 unspecified atom stereocenters. The van der Waals surface area contributed by atoms with Gasteiger partial charge >= 0.3 is 0 Å². The summed E-state index contributed by atoms with van der Waals surface area (Å²) in [6.07, 6.45) is 6.44. The molecule has 2 aliphatic heterocycles. The standard InChI is InChI=1S/C24H29N3O4/c1-31-19-8-6-18(7-9-19)25-12-14-26(15-13-25)20(28)10-11-27-23(29)21-16-2-3-17(5-4-16)22(21)24(27)30/h2-3,6-9,16-17,21-22H,4-5,10-15H2,1H3/t16-,17-,21+,22+/m0/s1. The van der Waals surface area contributed by atoms with Crippen molar-refractivity contribution < 1.29 is 19.1 Å². The Labute approximate surface area is 182 Å². The van der Waals surface area contributed by atoms with E-state index in [-0.39, 0.29) is 54.4 Å². The number of methoxy groups -OCH3 is 1. The normalized spacial score (nSPS) is 29.5. The zero-order valence-corrected chi connectivity index (χ0v) is 17.9. The van der Waals surface area contributed by atoms with Crippen LogP contribution >= 0.6 is 0 Å². The van der Waals surface area contributed by atoms with Crippen molar-refractivity contribution in [3.63, 3.8) is 0 Å². The van der Waals surface area contributed by atoms with Crippen molar-refractivity contribution in [3.8, 4) is 5.75 Å². The lowest BCUT2D eigenvalue weighted by molar-refractivity contribution is -0.141. The Balaban J connectivity index is 1.14. The van der Waals surface area contributed by atoms with Gasteiger partial charge in [-0.15, -0.1) is 0 Å². The molecule has 0 N–H and O–H groups in total. The van der Waals surface area contributed by atoms with Gasteiger partial charge in [0.05, 0.1) is 18.9 Å². The number of benzene rings is 1. The molecular weight excluding hydrogens is 394 g/mol. The lowest BCUT2D eigenvalue weighted by Gasteiger charge is -2.38.